The molecule has 1 aliphatic rings. The van der Waals surface area contributed by atoms with E-state index in [1.54, 1.807) is 0 Å². The van der Waals surface area contributed by atoms with Gasteiger partial charge in [0.15, 0.2) is 0 Å². The van der Waals surface area contributed by atoms with Gasteiger partial charge in [-0.2, -0.15) is 0 Å². The van der Waals surface area contributed by atoms with Crippen LogP contribution in [0.5, 0.6) is 0 Å². The molecular formula is C8H15NO. The van der Waals surface area contributed by atoms with E-state index in [1.807, 2.05) is 7.05 Å². The van der Waals surface area contributed by atoms with Crippen LogP contribution in [-0.4, -0.2) is 26.8 Å². The molecule has 0 aliphatic carbocycles. The highest BCUT2D eigenvalue weighted by Gasteiger charge is 2.10. The van der Waals surface area contributed by atoms with Crippen LogP contribution in [0.4, 0.5) is 0 Å². The van der Waals surface area contributed by atoms with Gasteiger partial charge in [0.2, 0.25) is 0 Å². The Morgan fingerprint density at radius 2 is 2.60 bits per heavy atom. The molecule has 1 N–H and O–H groups in total. The monoisotopic (exact) mass is 141 g/mol. The zero-order valence-corrected chi connectivity index (χ0v) is 6.47. The van der Waals surface area contributed by atoms with Crippen molar-refractivity contribution in [3.63, 3.8) is 0 Å². The maximum absolute atomic E-state index is 5.22. The third kappa shape index (κ3) is 2.50. The number of hydrogen-bond acceptors (Lipinski definition) is 2. The Morgan fingerprint density at radius 3 is 3.20 bits per heavy atom. The fraction of sp³-hybridized carbons (Fsp3) is 0.750. The minimum atomic E-state index is 0.674. The number of ether oxygens (including phenoxy) is 1. The maximum Gasteiger partial charge on any atom is 0.0529 e. The molecule has 0 amide bonds. The summed E-state index contributed by atoms with van der Waals surface area (Å²) in [6.45, 7) is 2.82. The summed E-state index contributed by atoms with van der Waals surface area (Å²) in [5.74, 6) is 0.674. The molecule has 0 radical (unpaired) electrons. The second-order valence-corrected chi connectivity index (χ2v) is 2.61. The Bertz CT molecular complexity index is 106. The van der Waals surface area contributed by atoms with E-state index in [2.05, 4.69) is 17.5 Å². The Kier molecular flexibility index (Phi) is 3.47. The first-order valence-electron chi connectivity index (χ1n) is 3.82. The van der Waals surface area contributed by atoms with Crippen molar-refractivity contribution in [2.75, 3.05) is 26.8 Å². The quantitative estimate of drug-likeness (QED) is 0.587. The summed E-state index contributed by atoms with van der Waals surface area (Å²) >= 11 is 0. The number of rotatable bonds is 3. The standard InChI is InChI=1S/C8H15NO/c1-9-5-2-3-8-4-6-10-7-8/h2-3,8-9H,4-7H2,1H3. The van der Waals surface area contributed by atoms with Gasteiger partial charge in [-0.3, -0.25) is 0 Å². The summed E-state index contributed by atoms with van der Waals surface area (Å²) in [6.07, 6.45) is 5.60. The normalized spacial score (nSPS) is 26.3. The van der Waals surface area contributed by atoms with Crippen LogP contribution in [-0.2, 0) is 4.74 Å². The highest BCUT2D eigenvalue weighted by atomic mass is 16.5. The van der Waals surface area contributed by atoms with Crippen molar-refractivity contribution in [1.29, 1.82) is 0 Å². The molecule has 2 heteroatoms. The Morgan fingerprint density at radius 1 is 1.70 bits per heavy atom. The van der Waals surface area contributed by atoms with Crippen molar-refractivity contribution in [3.8, 4) is 0 Å². The van der Waals surface area contributed by atoms with Gasteiger partial charge in [-0.1, -0.05) is 12.2 Å². The molecule has 1 aliphatic heterocycles. The predicted octanol–water partition coefficient (Wildman–Crippen LogP) is 0.798. The van der Waals surface area contributed by atoms with E-state index in [1.165, 1.54) is 6.42 Å². The van der Waals surface area contributed by atoms with Gasteiger partial charge in [-0.15, -0.1) is 0 Å². The van der Waals surface area contributed by atoms with Crippen molar-refractivity contribution in [2.24, 2.45) is 5.92 Å². The zero-order chi connectivity index (χ0) is 7.23. The van der Waals surface area contributed by atoms with Gasteiger partial charge in [0.05, 0.1) is 6.61 Å². The van der Waals surface area contributed by atoms with E-state index in [0.717, 1.165) is 19.8 Å². The highest BCUT2D eigenvalue weighted by molar-refractivity contribution is 4.91. The zero-order valence-electron chi connectivity index (χ0n) is 6.47. The molecular weight excluding hydrogens is 126 g/mol. The van der Waals surface area contributed by atoms with Crippen LogP contribution in [0, 0.1) is 5.92 Å². The van der Waals surface area contributed by atoms with Crippen LogP contribution < -0.4 is 5.32 Å². The second-order valence-electron chi connectivity index (χ2n) is 2.61. The van der Waals surface area contributed by atoms with Gasteiger partial charge >= 0.3 is 0 Å². The third-order valence-corrected chi connectivity index (χ3v) is 1.70. The first kappa shape index (κ1) is 7.76. The lowest BCUT2D eigenvalue weighted by molar-refractivity contribution is 0.191. The van der Waals surface area contributed by atoms with E-state index < -0.39 is 0 Å². The molecule has 1 fully saturated rings. The highest BCUT2D eigenvalue weighted by Crippen LogP contribution is 2.12. The average molecular weight is 141 g/mol. The smallest absolute Gasteiger partial charge is 0.0529 e. The molecule has 0 saturated carbocycles. The SMILES string of the molecule is CNCC=CC1CCOC1. The lowest BCUT2D eigenvalue weighted by Gasteiger charge is -1.96. The van der Waals surface area contributed by atoms with E-state index >= 15 is 0 Å². The third-order valence-electron chi connectivity index (χ3n) is 1.70. The largest absolute Gasteiger partial charge is 0.381 e. The van der Waals surface area contributed by atoms with Crippen molar-refractivity contribution in [1.82, 2.24) is 5.32 Å². The topological polar surface area (TPSA) is 21.3 Å². The molecule has 1 saturated heterocycles. The molecule has 0 aromatic rings. The molecule has 0 aromatic carbocycles. The van der Waals surface area contributed by atoms with E-state index in [0.29, 0.717) is 5.92 Å². The van der Waals surface area contributed by atoms with Crippen LogP contribution in [0.15, 0.2) is 12.2 Å². The number of hydrogen-bond donors (Lipinski definition) is 1. The van der Waals surface area contributed by atoms with E-state index in [9.17, 15) is 0 Å². The molecule has 58 valence electrons. The Balaban J connectivity index is 2.10. The summed E-state index contributed by atoms with van der Waals surface area (Å²) in [7, 11) is 1.95. The Hall–Kier alpha value is -0.340. The van der Waals surface area contributed by atoms with Crippen LogP contribution in [0.3, 0.4) is 0 Å². The van der Waals surface area contributed by atoms with Crippen molar-refractivity contribution >= 4 is 0 Å². The number of likely N-dealkylation sites (N-methyl/N-ethyl adjacent to an activating group) is 1. The van der Waals surface area contributed by atoms with E-state index in [-0.39, 0.29) is 0 Å². The van der Waals surface area contributed by atoms with Crippen LogP contribution >= 0.6 is 0 Å². The van der Waals surface area contributed by atoms with Gasteiger partial charge < -0.3 is 10.1 Å². The van der Waals surface area contributed by atoms with Crippen LogP contribution in [0.25, 0.3) is 0 Å². The molecule has 0 spiro atoms. The number of nitrogens with one attached hydrogen (secondary N) is 1. The summed E-state index contributed by atoms with van der Waals surface area (Å²) < 4.78 is 5.22. The Labute approximate surface area is 62.3 Å². The van der Waals surface area contributed by atoms with Crippen molar-refractivity contribution in [3.05, 3.63) is 12.2 Å². The molecule has 1 heterocycles. The summed E-state index contributed by atoms with van der Waals surface area (Å²) in [5, 5.41) is 3.06. The molecule has 1 atom stereocenters. The molecule has 1 rings (SSSR count). The fourth-order valence-electron chi connectivity index (χ4n) is 1.08. The van der Waals surface area contributed by atoms with Crippen molar-refractivity contribution < 1.29 is 4.74 Å². The van der Waals surface area contributed by atoms with Crippen LogP contribution in [0.2, 0.25) is 0 Å². The first-order valence-corrected chi connectivity index (χ1v) is 3.82. The minimum Gasteiger partial charge on any atom is -0.381 e. The summed E-state index contributed by atoms with van der Waals surface area (Å²) in [5.41, 5.74) is 0. The average Bonchev–Trinajstić information content (AvgIpc) is 2.41. The predicted molar refractivity (Wildman–Crippen MR) is 42.0 cm³/mol. The van der Waals surface area contributed by atoms with Crippen molar-refractivity contribution in [2.45, 2.75) is 6.42 Å². The van der Waals surface area contributed by atoms with Gasteiger partial charge in [0, 0.05) is 19.1 Å². The van der Waals surface area contributed by atoms with Crippen LogP contribution in [0.1, 0.15) is 6.42 Å². The molecule has 2 nitrogen and oxygen atoms in total. The first-order chi connectivity index (χ1) is 4.93. The van der Waals surface area contributed by atoms with Gasteiger partial charge in [0.25, 0.3) is 0 Å². The van der Waals surface area contributed by atoms with Gasteiger partial charge in [0.1, 0.15) is 0 Å². The lowest BCUT2D eigenvalue weighted by Crippen LogP contribution is -2.05. The maximum atomic E-state index is 5.22. The van der Waals surface area contributed by atoms with Gasteiger partial charge in [-0.05, 0) is 13.5 Å². The molecule has 1 unspecified atom stereocenters. The fourth-order valence-corrected chi connectivity index (χ4v) is 1.08. The minimum absolute atomic E-state index is 0.674. The molecule has 10 heavy (non-hydrogen) atoms. The van der Waals surface area contributed by atoms with Gasteiger partial charge in [-0.25, -0.2) is 0 Å². The summed E-state index contributed by atoms with van der Waals surface area (Å²) in [4.78, 5) is 0. The molecule has 0 aromatic heterocycles. The lowest BCUT2D eigenvalue weighted by atomic mass is 10.1. The van der Waals surface area contributed by atoms with E-state index in [4.69, 9.17) is 4.74 Å². The second kappa shape index (κ2) is 4.47. The molecule has 0 bridgehead atoms. The summed E-state index contributed by atoms with van der Waals surface area (Å²) in [6, 6.07) is 0.